The Morgan fingerprint density at radius 2 is 1.81 bits per heavy atom. The molecule has 3 heterocycles. The van der Waals surface area contributed by atoms with Crippen LogP contribution in [0, 0.1) is 0 Å². The van der Waals surface area contributed by atoms with E-state index < -0.39 is 0 Å². The van der Waals surface area contributed by atoms with Crippen LogP contribution in [-0.2, 0) is 6.54 Å². The second-order valence-corrected chi connectivity index (χ2v) is 8.85. The molecule has 0 aliphatic carbocycles. The molecule has 1 N–H and O–H groups in total. The number of benzene rings is 2. The van der Waals surface area contributed by atoms with Crippen LogP contribution in [0.4, 0.5) is 0 Å². The molecule has 162 valence electrons. The van der Waals surface area contributed by atoms with E-state index >= 15 is 0 Å². The van der Waals surface area contributed by atoms with Gasteiger partial charge in [-0.3, -0.25) is 9.89 Å². The molecule has 1 amide bonds. The van der Waals surface area contributed by atoms with Crippen molar-refractivity contribution >= 4 is 40.7 Å². The first-order valence-electron chi connectivity index (χ1n) is 10.1. The summed E-state index contributed by atoms with van der Waals surface area (Å²) in [5.41, 5.74) is 3.81. The molecular weight excluding hydrogens is 469 g/mol. The Hall–Kier alpha value is -2.80. The minimum atomic E-state index is -0.334. The minimum Gasteiger partial charge on any atom is -0.337 e. The summed E-state index contributed by atoms with van der Waals surface area (Å²) in [6.45, 7) is 1.32. The number of H-pyrrole nitrogens is 1. The van der Waals surface area contributed by atoms with Crippen LogP contribution in [0.5, 0.6) is 0 Å². The number of hydrogen-bond donors (Lipinski definition) is 1. The highest BCUT2D eigenvalue weighted by molar-refractivity contribution is 6.42. The van der Waals surface area contributed by atoms with Crippen molar-refractivity contribution in [2.45, 2.75) is 19.0 Å². The van der Waals surface area contributed by atoms with Crippen LogP contribution in [-0.4, -0.2) is 37.1 Å². The van der Waals surface area contributed by atoms with Gasteiger partial charge in [-0.2, -0.15) is 5.10 Å². The van der Waals surface area contributed by atoms with E-state index in [4.69, 9.17) is 34.8 Å². The number of fused-ring (bicyclic) bond motifs is 1. The molecule has 9 heteroatoms. The highest BCUT2D eigenvalue weighted by Gasteiger charge is 2.42. The fourth-order valence-electron chi connectivity index (χ4n) is 4.13. The number of halogens is 3. The van der Waals surface area contributed by atoms with E-state index in [1.165, 1.54) is 0 Å². The lowest BCUT2D eigenvalue weighted by Crippen LogP contribution is -2.31. The summed E-state index contributed by atoms with van der Waals surface area (Å²) in [5, 5.41) is 8.98. The molecule has 1 unspecified atom stereocenters. The second kappa shape index (κ2) is 8.62. The monoisotopic (exact) mass is 485 g/mol. The van der Waals surface area contributed by atoms with Crippen LogP contribution >= 0.6 is 34.8 Å². The van der Waals surface area contributed by atoms with Gasteiger partial charge in [0, 0.05) is 41.6 Å². The van der Waals surface area contributed by atoms with Crippen LogP contribution < -0.4 is 0 Å². The summed E-state index contributed by atoms with van der Waals surface area (Å²) >= 11 is 18.6. The quantitative estimate of drug-likeness (QED) is 0.371. The Morgan fingerprint density at radius 1 is 1.00 bits per heavy atom. The number of carbonyl (C=O) groups excluding carboxylic acids is 1. The molecule has 0 spiro atoms. The number of aromatic nitrogens is 4. The lowest BCUT2D eigenvalue weighted by Gasteiger charge is -2.26. The van der Waals surface area contributed by atoms with Crippen molar-refractivity contribution in [1.29, 1.82) is 0 Å². The topological polar surface area (TPSA) is 66.8 Å². The zero-order valence-electron chi connectivity index (χ0n) is 16.8. The maximum Gasteiger partial charge on any atom is 0.273 e. The highest BCUT2D eigenvalue weighted by atomic mass is 35.5. The third kappa shape index (κ3) is 3.79. The van der Waals surface area contributed by atoms with Gasteiger partial charge in [-0.1, -0.05) is 53.0 Å². The average molecular weight is 487 g/mol. The predicted molar refractivity (Wildman–Crippen MR) is 125 cm³/mol. The first-order valence-corrected chi connectivity index (χ1v) is 11.2. The highest BCUT2D eigenvalue weighted by Crippen LogP contribution is 2.44. The SMILES string of the molecule is O=C1c2[nH]nc(-c3ccc(Cl)cc3)c2C(c2ccc(Cl)c(Cl)c2)N1CCCn1ccnc1. The van der Waals surface area contributed by atoms with Gasteiger partial charge in [0.2, 0.25) is 0 Å². The predicted octanol–water partition coefficient (Wildman–Crippen LogP) is 5.87. The maximum atomic E-state index is 13.4. The molecule has 0 saturated carbocycles. The number of nitrogens with zero attached hydrogens (tertiary/aromatic N) is 4. The van der Waals surface area contributed by atoms with Gasteiger partial charge in [0.05, 0.1) is 28.1 Å². The molecule has 1 atom stereocenters. The molecule has 1 aliphatic heterocycles. The van der Waals surface area contributed by atoms with Crippen LogP contribution in [0.15, 0.2) is 61.2 Å². The van der Waals surface area contributed by atoms with Crippen LogP contribution in [0.25, 0.3) is 11.3 Å². The van der Waals surface area contributed by atoms with E-state index in [0.717, 1.165) is 35.3 Å². The van der Waals surface area contributed by atoms with Gasteiger partial charge >= 0.3 is 0 Å². The number of nitrogens with one attached hydrogen (secondary N) is 1. The van der Waals surface area contributed by atoms with E-state index in [1.807, 2.05) is 52.1 Å². The summed E-state index contributed by atoms with van der Waals surface area (Å²) < 4.78 is 1.99. The number of aryl methyl sites for hydroxylation is 1. The summed E-state index contributed by atoms with van der Waals surface area (Å²) in [7, 11) is 0. The van der Waals surface area contributed by atoms with Crippen LogP contribution in [0.1, 0.15) is 34.1 Å². The van der Waals surface area contributed by atoms with Gasteiger partial charge in [-0.25, -0.2) is 4.98 Å². The molecule has 0 fully saturated rings. The van der Waals surface area contributed by atoms with E-state index in [2.05, 4.69) is 15.2 Å². The van der Waals surface area contributed by atoms with Gasteiger partial charge in [0.25, 0.3) is 5.91 Å². The molecule has 6 nitrogen and oxygen atoms in total. The third-order valence-electron chi connectivity index (χ3n) is 5.62. The molecule has 1 aliphatic rings. The fraction of sp³-hybridized carbons (Fsp3) is 0.174. The van der Waals surface area contributed by atoms with Gasteiger partial charge < -0.3 is 9.47 Å². The van der Waals surface area contributed by atoms with Gasteiger partial charge in [0.1, 0.15) is 5.69 Å². The van der Waals surface area contributed by atoms with E-state index in [-0.39, 0.29) is 11.9 Å². The number of carbonyl (C=O) groups is 1. The van der Waals surface area contributed by atoms with E-state index in [9.17, 15) is 4.79 Å². The molecule has 0 saturated heterocycles. The van der Waals surface area contributed by atoms with Crippen molar-refractivity contribution in [3.63, 3.8) is 0 Å². The Labute approximate surface area is 199 Å². The number of rotatable bonds is 6. The Morgan fingerprint density at radius 3 is 2.53 bits per heavy atom. The van der Waals surface area contributed by atoms with Crippen molar-refractivity contribution in [3.8, 4) is 11.3 Å². The first-order chi connectivity index (χ1) is 15.5. The first kappa shape index (κ1) is 21.1. The van der Waals surface area contributed by atoms with Crippen molar-refractivity contribution in [2.24, 2.45) is 0 Å². The molecule has 5 rings (SSSR count). The fourth-order valence-corrected chi connectivity index (χ4v) is 4.56. The van der Waals surface area contributed by atoms with Gasteiger partial charge in [-0.05, 0) is 36.2 Å². The summed E-state index contributed by atoms with van der Waals surface area (Å²) in [4.78, 5) is 19.3. The maximum absolute atomic E-state index is 13.4. The number of aromatic amines is 1. The normalized spacial score (nSPS) is 15.4. The van der Waals surface area contributed by atoms with E-state index in [1.54, 1.807) is 18.6 Å². The average Bonchev–Trinajstić information content (AvgIpc) is 3.50. The lowest BCUT2D eigenvalue weighted by molar-refractivity contribution is 0.0739. The molecule has 4 aromatic rings. The van der Waals surface area contributed by atoms with Crippen molar-refractivity contribution in [1.82, 2.24) is 24.6 Å². The molecule has 2 aromatic carbocycles. The van der Waals surface area contributed by atoms with E-state index in [0.29, 0.717) is 27.3 Å². The standard InChI is InChI=1S/C23H18Cl3N5O/c24-16-5-2-14(3-6-16)20-19-21(29-28-20)23(32)31(10-1-9-30-11-8-27-13-30)22(19)15-4-7-17(25)18(26)12-15/h2-8,11-13,22H,1,9-10H2,(H,28,29). The third-order valence-corrected chi connectivity index (χ3v) is 6.61. The second-order valence-electron chi connectivity index (χ2n) is 7.60. The zero-order chi connectivity index (χ0) is 22.2. The smallest absolute Gasteiger partial charge is 0.273 e. The number of imidazole rings is 1. The van der Waals surface area contributed by atoms with Crippen LogP contribution in [0.3, 0.4) is 0 Å². The minimum absolute atomic E-state index is 0.0885. The lowest BCUT2D eigenvalue weighted by atomic mass is 9.96. The van der Waals surface area contributed by atoms with Crippen LogP contribution in [0.2, 0.25) is 15.1 Å². The number of hydrogen-bond acceptors (Lipinski definition) is 3. The molecule has 2 aromatic heterocycles. The zero-order valence-corrected chi connectivity index (χ0v) is 19.1. The summed E-state index contributed by atoms with van der Waals surface area (Å²) in [6.07, 6.45) is 6.20. The Balaban J connectivity index is 1.55. The summed E-state index contributed by atoms with van der Waals surface area (Å²) in [5.74, 6) is -0.0885. The summed E-state index contributed by atoms with van der Waals surface area (Å²) in [6, 6.07) is 12.6. The number of amides is 1. The molecule has 0 bridgehead atoms. The van der Waals surface area contributed by atoms with Gasteiger partial charge in [-0.15, -0.1) is 0 Å². The van der Waals surface area contributed by atoms with Gasteiger partial charge in [0.15, 0.2) is 0 Å². The van der Waals surface area contributed by atoms with Crippen molar-refractivity contribution in [3.05, 3.63) is 93.1 Å². The molecule has 0 radical (unpaired) electrons. The Bertz CT molecular complexity index is 1270. The van der Waals surface area contributed by atoms with Crippen molar-refractivity contribution in [2.75, 3.05) is 6.54 Å². The van der Waals surface area contributed by atoms with Crippen molar-refractivity contribution < 1.29 is 4.79 Å². The largest absolute Gasteiger partial charge is 0.337 e. The Kier molecular flexibility index (Phi) is 5.67. The molecular formula is C23H18Cl3N5O. The molecule has 32 heavy (non-hydrogen) atoms.